The Morgan fingerprint density at radius 2 is 2.36 bits per heavy atom. The molecule has 3 heteroatoms. The molecule has 0 aromatic heterocycles. The average molecular weight is 255 g/mol. The van der Waals surface area contributed by atoms with Crippen molar-refractivity contribution in [1.29, 1.82) is 0 Å². The third-order valence-corrected chi connectivity index (χ3v) is 2.16. The van der Waals surface area contributed by atoms with Crippen LogP contribution in [0.3, 0.4) is 0 Å². The summed E-state index contributed by atoms with van der Waals surface area (Å²) < 4.78 is 5.54. The van der Waals surface area contributed by atoms with Crippen LogP contribution in [0.5, 0.6) is 0 Å². The van der Waals surface area contributed by atoms with Crippen LogP contribution < -0.4 is 0 Å². The molecular weight excluding hydrogens is 244 g/mol. The molecule has 0 atom stereocenters. The number of carbonyl (C=O) groups excluding carboxylic acids is 1. The third-order valence-electron chi connectivity index (χ3n) is 1.67. The first kappa shape index (κ1) is 11.0. The molecule has 0 saturated carbocycles. The van der Waals surface area contributed by atoms with Gasteiger partial charge in [-0.1, -0.05) is 40.2 Å². The van der Waals surface area contributed by atoms with Gasteiger partial charge >= 0.3 is 5.97 Å². The second-order valence-electron chi connectivity index (χ2n) is 2.74. The van der Waals surface area contributed by atoms with Crippen molar-refractivity contribution in [2.75, 3.05) is 7.11 Å². The number of benzene rings is 1. The molecule has 0 spiro atoms. The van der Waals surface area contributed by atoms with Crippen LogP contribution in [0.1, 0.15) is 12.0 Å². The molecule has 1 rings (SSSR count). The molecule has 0 radical (unpaired) electrons. The fraction of sp³-hybridized carbons (Fsp3) is 0.182. The smallest absolute Gasteiger partial charge is 0.309 e. The summed E-state index contributed by atoms with van der Waals surface area (Å²) in [5.74, 6) is -0.226. The molecule has 0 heterocycles. The van der Waals surface area contributed by atoms with E-state index in [0.29, 0.717) is 6.42 Å². The van der Waals surface area contributed by atoms with Crippen molar-refractivity contribution < 1.29 is 9.53 Å². The van der Waals surface area contributed by atoms with Gasteiger partial charge in [-0.15, -0.1) is 0 Å². The highest BCUT2D eigenvalue weighted by molar-refractivity contribution is 9.10. The molecular formula is C11H11BrO2. The number of ether oxygens (including phenoxy) is 1. The van der Waals surface area contributed by atoms with E-state index < -0.39 is 0 Å². The predicted molar refractivity (Wildman–Crippen MR) is 59.8 cm³/mol. The fourth-order valence-corrected chi connectivity index (χ4v) is 1.40. The zero-order chi connectivity index (χ0) is 10.4. The first-order valence-electron chi connectivity index (χ1n) is 4.21. The average Bonchev–Trinajstić information content (AvgIpc) is 2.17. The molecule has 2 nitrogen and oxygen atoms in total. The van der Waals surface area contributed by atoms with Gasteiger partial charge in [0.2, 0.25) is 0 Å². The van der Waals surface area contributed by atoms with Crippen molar-refractivity contribution in [1.82, 2.24) is 0 Å². The second-order valence-corrected chi connectivity index (χ2v) is 3.65. The standard InChI is InChI=1S/C11H11BrO2/c1-14-11(13)7-3-5-9-4-2-6-10(12)8-9/h2-6,8H,7H2,1H3. The summed E-state index contributed by atoms with van der Waals surface area (Å²) >= 11 is 3.37. The molecule has 14 heavy (non-hydrogen) atoms. The molecule has 0 aliphatic heterocycles. The summed E-state index contributed by atoms with van der Waals surface area (Å²) in [6.45, 7) is 0. The summed E-state index contributed by atoms with van der Waals surface area (Å²) in [5, 5.41) is 0. The van der Waals surface area contributed by atoms with Gasteiger partial charge < -0.3 is 4.74 Å². The zero-order valence-corrected chi connectivity index (χ0v) is 9.45. The number of methoxy groups -OCH3 is 1. The molecule has 0 unspecified atom stereocenters. The Bertz CT molecular complexity index is 345. The van der Waals surface area contributed by atoms with Gasteiger partial charge in [0.05, 0.1) is 13.5 Å². The van der Waals surface area contributed by atoms with E-state index in [1.54, 1.807) is 6.08 Å². The van der Waals surface area contributed by atoms with Gasteiger partial charge in [-0.05, 0) is 17.7 Å². The van der Waals surface area contributed by atoms with E-state index in [0.717, 1.165) is 10.0 Å². The van der Waals surface area contributed by atoms with E-state index in [4.69, 9.17) is 0 Å². The third kappa shape index (κ3) is 3.75. The number of esters is 1. The van der Waals surface area contributed by atoms with E-state index in [2.05, 4.69) is 20.7 Å². The molecule has 0 saturated heterocycles. The van der Waals surface area contributed by atoms with Crippen LogP contribution in [0.4, 0.5) is 0 Å². The lowest BCUT2D eigenvalue weighted by molar-refractivity contribution is -0.139. The number of rotatable bonds is 3. The Morgan fingerprint density at radius 1 is 1.57 bits per heavy atom. The minimum atomic E-state index is -0.226. The Kier molecular flexibility index (Phi) is 4.40. The predicted octanol–water partition coefficient (Wildman–Crippen LogP) is 3.03. The van der Waals surface area contributed by atoms with Crippen molar-refractivity contribution in [2.45, 2.75) is 6.42 Å². The fourth-order valence-electron chi connectivity index (χ4n) is 0.985. The minimum absolute atomic E-state index is 0.226. The first-order valence-corrected chi connectivity index (χ1v) is 5.00. The van der Waals surface area contributed by atoms with Crippen molar-refractivity contribution in [3.8, 4) is 0 Å². The Hall–Kier alpha value is -1.09. The summed E-state index contributed by atoms with van der Waals surface area (Å²) in [6.07, 6.45) is 3.98. The van der Waals surface area contributed by atoms with Gasteiger partial charge in [0.25, 0.3) is 0 Å². The van der Waals surface area contributed by atoms with E-state index >= 15 is 0 Å². The van der Waals surface area contributed by atoms with Crippen LogP contribution in [-0.4, -0.2) is 13.1 Å². The molecule has 74 valence electrons. The molecule has 0 amide bonds. The number of halogens is 1. The lowest BCUT2D eigenvalue weighted by Crippen LogP contribution is -1.96. The van der Waals surface area contributed by atoms with Gasteiger partial charge in [0, 0.05) is 4.47 Å². The molecule has 0 aliphatic rings. The highest BCUT2D eigenvalue weighted by atomic mass is 79.9. The zero-order valence-electron chi connectivity index (χ0n) is 7.87. The first-order chi connectivity index (χ1) is 6.72. The van der Waals surface area contributed by atoms with Gasteiger partial charge in [-0.25, -0.2) is 0 Å². The van der Waals surface area contributed by atoms with Gasteiger partial charge in [0.15, 0.2) is 0 Å². The maximum absolute atomic E-state index is 10.8. The van der Waals surface area contributed by atoms with E-state index in [1.807, 2.05) is 30.3 Å². The van der Waals surface area contributed by atoms with Crippen LogP contribution in [0.15, 0.2) is 34.8 Å². The normalized spacial score (nSPS) is 10.4. The second kappa shape index (κ2) is 5.60. The highest BCUT2D eigenvalue weighted by Crippen LogP contribution is 2.12. The molecule has 1 aromatic rings. The lowest BCUT2D eigenvalue weighted by atomic mass is 10.2. The Labute approximate surface area is 91.7 Å². The summed E-state index contributed by atoms with van der Waals surface area (Å²) in [4.78, 5) is 10.8. The Morgan fingerprint density at radius 3 is 3.00 bits per heavy atom. The lowest BCUT2D eigenvalue weighted by Gasteiger charge is -1.94. The minimum Gasteiger partial charge on any atom is -0.469 e. The van der Waals surface area contributed by atoms with Crippen LogP contribution in [0.25, 0.3) is 6.08 Å². The van der Waals surface area contributed by atoms with Crippen LogP contribution in [0.2, 0.25) is 0 Å². The van der Waals surface area contributed by atoms with Crippen LogP contribution in [-0.2, 0) is 9.53 Å². The number of hydrogen-bond acceptors (Lipinski definition) is 2. The van der Waals surface area contributed by atoms with E-state index in [-0.39, 0.29) is 5.97 Å². The molecule has 0 fully saturated rings. The van der Waals surface area contributed by atoms with Gasteiger partial charge in [0.1, 0.15) is 0 Å². The van der Waals surface area contributed by atoms with Crippen molar-refractivity contribution in [3.63, 3.8) is 0 Å². The number of hydrogen-bond donors (Lipinski definition) is 0. The topological polar surface area (TPSA) is 26.3 Å². The maximum atomic E-state index is 10.8. The Balaban J connectivity index is 2.56. The molecule has 1 aromatic carbocycles. The highest BCUT2D eigenvalue weighted by Gasteiger charge is 1.94. The quantitative estimate of drug-likeness (QED) is 0.776. The van der Waals surface area contributed by atoms with Gasteiger partial charge in [-0.3, -0.25) is 4.79 Å². The van der Waals surface area contributed by atoms with Gasteiger partial charge in [-0.2, -0.15) is 0 Å². The molecule has 0 aliphatic carbocycles. The summed E-state index contributed by atoms with van der Waals surface area (Å²) in [5.41, 5.74) is 1.06. The van der Waals surface area contributed by atoms with E-state index in [1.165, 1.54) is 7.11 Å². The maximum Gasteiger partial charge on any atom is 0.309 e. The largest absolute Gasteiger partial charge is 0.469 e. The van der Waals surface area contributed by atoms with Crippen LogP contribution in [0, 0.1) is 0 Å². The monoisotopic (exact) mass is 254 g/mol. The van der Waals surface area contributed by atoms with Crippen molar-refractivity contribution in [3.05, 3.63) is 40.4 Å². The molecule has 0 N–H and O–H groups in total. The molecule has 0 bridgehead atoms. The summed E-state index contributed by atoms with van der Waals surface area (Å²) in [7, 11) is 1.38. The van der Waals surface area contributed by atoms with E-state index in [9.17, 15) is 4.79 Å². The van der Waals surface area contributed by atoms with Crippen molar-refractivity contribution >= 4 is 28.0 Å². The van der Waals surface area contributed by atoms with Crippen molar-refractivity contribution in [2.24, 2.45) is 0 Å². The SMILES string of the molecule is COC(=O)CC=Cc1cccc(Br)c1. The van der Waals surface area contributed by atoms with Crippen LogP contribution >= 0.6 is 15.9 Å². The number of carbonyl (C=O) groups is 1. The summed E-state index contributed by atoms with van der Waals surface area (Å²) in [6, 6.07) is 7.85.